The van der Waals surface area contributed by atoms with Crippen molar-refractivity contribution in [2.45, 2.75) is 38.9 Å². The lowest BCUT2D eigenvalue weighted by molar-refractivity contribution is -0.137. The summed E-state index contributed by atoms with van der Waals surface area (Å²) in [6.07, 6.45) is -1.15. The first kappa shape index (κ1) is 23.5. The van der Waals surface area contributed by atoms with Crippen LogP contribution in [0.2, 0.25) is 0 Å². The fourth-order valence-corrected chi connectivity index (χ4v) is 3.74. The lowest BCUT2D eigenvalue weighted by Crippen LogP contribution is -2.52. The van der Waals surface area contributed by atoms with E-state index in [-0.39, 0.29) is 28.6 Å². The molecule has 2 heterocycles. The minimum Gasteiger partial charge on any atom is -0.366 e. The van der Waals surface area contributed by atoms with Crippen LogP contribution >= 0.6 is 0 Å². The number of likely N-dealkylation sites (tertiary alicyclic amines) is 1. The molecule has 11 heteroatoms. The van der Waals surface area contributed by atoms with Gasteiger partial charge < -0.3 is 26.7 Å². The van der Waals surface area contributed by atoms with E-state index in [1.807, 2.05) is 0 Å². The molecule has 2 aliphatic rings. The summed E-state index contributed by atoms with van der Waals surface area (Å²) in [5, 5.41) is 22.5. The Kier molecular flexibility index (Phi) is 6.97. The predicted molar refractivity (Wildman–Crippen MR) is 117 cm³/mol. The van der Waals surface area contributed by atoms with Gasteiger partial charge in [-0.05, 0) is 51.1 Å². The molecule has 1 unspecified atom stereocenters. The van der Waals surface area contributed by atoms with Gasteiger partial charge in [-0.2, -0.15) is 13.2 Å². The molecular formula is C21H26F3N7O. The maximum atomic E-state index is 13.1. The third-order valence-electron chi connectivity index (χ3n) is 5.28. The van der Waals surface area contributed by atoms with Gasteiger partial charge in [-0.1, -0.05) is 13.0 Å². The van der Waals surface area contributed by atoms with Crippen molar-refractivity contribution < 1.29 is 18.0 Å². The van der Waals surface area contributed by atoms with E-state index in [1.54, 1.807) is 6.92 Å². The largest absolute Gasteiger partial charge is 0.416 e. The molecule has 0 radical (unpaired) electrons. The summed E-state index contributed by atoms with van der Waals surface area (Å²) in [5.74, 6) is -0.647. The molecule has 0 spiro atoms. The number of hydrogen-bond donors (Lipinski definition) is 4. The molecule has 1 amide bonds. The number of alkyl halides is 3. The van der Waals surface area contributed by atoms with Gasteiger partial charge in [-0.15, -0.1) is 10.2 Å². The van der Waals surface area contributed by atoms with Gasteiger partial charge in [0.1, 0.15) is 5.71 Å². The Bertz CT molecular complexity index is 998. The molecule has 32 heavy (non-hydrogen) atoms. The molecule has 0 aliphatic carbocycles. The number of nitrogens with zero attached hydrogens (tertiary/aromatic N) is 3. The Hall–Kier alpha value is -3.21. The molecule has 0 bridgehead atoms. The van der Waals surface area contributed by atoms with Crippen LogP contribution in [0.25, 0.3) is 0 Å². The maximum Gasteiger partial charge on any atom is 0.416 e. The van der Waals surface area contributed by atoms with Gasteiger partial charge >= 0.3 is 6.18 Å². The van der Waals surface area contributed by atoms with E-state index in [1.165, 1.54) is 6.08 Å². The van der Waals surface area contributed by atoms with Crippen molar-refractivity contribution in [3.63, 3.8) is 0 Å². The zero-order valence-corrected chi connectivity index (χ0v) is 17.9. The highest BCUT2D eigenvalue weighted by atomic mass is 19.4. The quantitative estimate of drug-likeness (QED) is 0.517. The van der Waals surface area contributed by atoms with Crippen molar-refractivity contribution in [3.05, 3.63) is 46.7 Å². The normalized spacial score (nSPS) is 20.9. The molecule has 3 rings (SSSR count). The third kappa shape index (κ3) is 5.52. The summed E-state index contributed by atoms with van der Waals surface area (Å²) in [4.78, 5) is 14.2. The van der Waals surface area contributed by atoms with Crippen LogP contribution in [0.15, 0.2) is 40.2 Å². The predicted octanol–water partition coefficient (Wildman–Crippen LogP) is 2.47. The topological polar surface area (TPSA) is 119 Å². The van der Waals surface area contributed by atoms with Crippen LogP contribution in [0.1, 0.15) is 48.2 Å². The average Bonchev–Trinajstić information content (AvgIpc) is 2.72. The Morgan fingerprint density at radius 3 is 2.78 bits per heavy atom. The van der Waals surface area contributed by atoms with Gasteiger partial charge in [0.05, 0.1) is 11.3 Å². The smallest absolute Gasteiger partial charge is 0.366 e. The van der Waals surface area contributed by atoms with Crippen LogP contribution in [-0.2, 0) is 6.18 Å². The molecule has 1 atom stereocenters. The molecule has 172 valence electrons. The van der Waals surface area contributed by atoms with Crippen LogP contribution in [-0.4, -0.2) is 53.9 Å². The molecule has 0 aromatic heterocycles. The summed E-state index contributed by atoms with van der Waals surface area (Å²) < 4.78 is 39.3. The summed E-state index contributed by atoms with van der Waals surface area (Å²) in [7, 11) is 0. The highest BCUT2D eigenvalue weighted by Crippen LogP contribution is 2.31. The Morgan fingerprint density at radius 2 is 2.16 bits per heavy atom. The number of nitrogens with one attached hydrogen (secondary N) is 3. The summed E-state index contributed by atoms with van der Waals surface area (Å²) >= 11 is 0. The van der Waals surface area contributed by atoms with Crippen molar-refractivity contribution in [1.29, 1.82) is 5.41 Å². The molecule has 1 aromatic carbocycles. The van der Waals surface area contributed by atoms with Crippen molar-refractivity contribution in [3.8, 4) is 0 Å². The van der Waals surface area contributed by atoms with Crippen LogP contribution in [0.5, 0.6) is 0 Å². The molecule has 1 saturated heterocycles. The van der Waals surface area contributed by atoms with E-state index in [2.05, 4.69) is 32.7 Å². The van der Waals surface area contributed by atoms with Crippen molar-refractivity contribution in [1.82, 2.24) is 15.5 Å². The first-order valence-electron chi connectivity index (χ1n) is 10.3. The fourth-order valence-electron chi connectivity index (χ4n) is 3.74. The lowest BCUT2D eigenvalue weighted by Gasteiger charge is -2.33. The number of allylic oxidation sites excluding steroid dienone is 2. The number of guanidine groups is 1. The summed E-state index contributed by atoms with van der Waals surface area (Å²) in [6, 6.07) is 2.86. The number of nitrogens with two attached hydrogens (primary N) is 1. The van der Waals surface area contributed by atoms with Gasteiger partial charge in [0.2, 0.25) is 11.9 Å². The van der Waals surface area contributed by atoms with E-state index < -0.39 is 17.6 Å². The highest BCUT2D eigenvalue weighted by molar-refractivity contribution is 6.21. The Labute approximate surface area is 184 Å². The molecule has 1 fully saturated rings. The van der Waals surface area contributed by atoms with Crippen LogP contribution in [0.3, 0.4) is 0 Å². The number of carbonyl (C=O) groups is 1. The third-order valence-corrected chi connectivity index (χ3v) is 5.28. The second-order valence-electron chi connectivity index (χ2n) is 7.76. The molecule has 8 nitrogen and oxygen atoms in total. The first-order chi connectivity index (χ1) is 15.1. The number of hydrogen-bond acceptors (Lipinski definition) is 7. The zero-order valence-electron chi connectivity index (χ0n) is 17.9. The van der Waals surface area contributed by atoms with E-state index in [0.717, 1.165) is 44.6 Å². The van der Waals surface area contributed by atoms with Gasteiger partial charge in [-0.3, -0.25) is 4.79 Å². The van der Waals surface area contributed by atoms with Gasteiger partial charge in [0.25, 0.3) is 0 Å². The van der Waals surface area contributed by atoms with Crippen molar-refractivity contribution >= 4 is 23.3 Å². The average molecular weight is 449 g/mol. The van der Waals surface area contributed by atoms with Gasteiger partial charge in [0, 0.05) is 29.4 Å². The zero-order chi connectivity index (χ0) is 23.5. The first-order valence-corrected chi connectivity index (χ1v) is 10.3. The van der Waals surface area contributed by atoms with Crippen LogP contribution < -0.4 is 16.4 Å². The number of likely N-dealkylation sites (N-methyl/N-ethyl adjacent to an activating group) is 1. The van der Waals surface area contributed by atoms with Crippen molar-refractivity contribution in [2.24, 2.45) is 15.9 Å². The second-order valence-corrected chi connectivity index (χ2v) is 7.76. The molecule has 2 aliphatic heterocycles. The number of amides is 1. The number of rotatable bonds is 5. The van der Waals surface area contributed by atoms with Gasteiger partial charge in [0.15, 0.2) is 0 Å². The minimum atomic E-state index is -4.62. The number of piperidine rings is 1. The summed E-state index contributed by atoms with van der Waals surface area (Å²) in [6.45, 7) is 6.49. The fraction of sp³-hybridized carbons (Fsp3) is 0.429. The van der Waals surface area contributed by atoms with Crippen LogP contribution in [0, 0.1) is 5.41 Å². The highest BCUT2D eigenvalue weighted by Gasteiger charge is 2.33. The SMILES string of the molecule is CCN1CCCC(NC2=NN=C(c3ccc(C(F)(F)F)cc3C(N)=O)/C(=C/C(C)=N)N2)C1. The standard InChI is InChI=1S/C21H26F3N7O/c1-3-31-8-4-5-14(11-31)27-20-28-17(9-12(2)25)18(29-30-20)15-7-6-13(21(22,23)24)10-16(15)19(26)32/h6-7,9-10,14,25H,3-5,8,11H2,1-2H3,(H2,26,32)(H2,27,28,30)/b17-9-,25-12?. The number of carbonyl (C=O) groups excluding carboxylic acids is 1. The number of halogens is 3. The Morgan fingerprint density at radius 1 is 1.41 bits per heavy atom. The van der Waals surface area contributed by atoms with Gasteiger partial charge in [-0.25, -0.2) is 0 Å². The second kappa shape index (κ2) is 9.51. The van der Waals surface area contributed by atoms with Crippen LogP contribution in [0.4, 0.5) is 13.2 Å². The number of primary amides is 1. The monoisotopic (exact) mass is 449 g/mol. The van der Waals surface area contributed by atoms with E-state index in [0.29, 0.717) is 17.7 Å². The molecule has 1 aromatic rings. The molecule has 0 saturated carbocycles. The Balaban J connectivity index is 1.97. The lowest BCUT2D eigenvalue weighted by atomic mass is 9.97. The molecule has 5 N–H and O–H groups in total. The van der Waals surface area contributed by atoms with Crippen molar-refractivity contribution in [2.75, 3.05) is 19.6 Å². The van der Waals surface area contributed by atoms with E-state index >= 15 is 0 Å². The number of benzene rings is 1. The van der Waals surface area contributed by atoms with E-state index in [9.17, 15) is 18.0 Å². The van der Waals surface area contributed by atoms with E-state index in [4.69, 9.17) is 11.1 Å². The molecular weight excluding hydrogens is 423 g/mol. The maximum absolute atomic E-state index is 13.1. The summed E-state index contributed by atoms with van der Waals surface area (Å²) in [5.41, 5.74) is 4.79. The minimum absolute atomic E-state index is 0.100.